The van der Waals surface area contributed by atoms with E-state index in [9.17, 15) is 13.6 Å². The van der Waals surface area contributed by atoms with E-state index >= 15 is 0 Å². The van der Waals surface area contributed by atoms with E-state index in [0.29, 0.717) is 0 Å². The molecule has 0 fully saturated rings. The second kappa shape index (κ2) is 7.40. The smallest absolute Gasteiger partial charge is 0.217 e. The SMILES string of the molecule is CC(=O)NC(C)(C)[C@@]1(C)CC[C@H](C(C)(C)C)c2cc(-c3c(F)cccc3F)nnc21. The minimum atomic E-state index is -0.659. The Hall–Kier alpha value is -2.37. The van der Waals surface area contributed by atoms with Crippen LogP contribution in [0.15, 0.2) is 24.3 Å². The van der Waals surface area contributed by atoms with Gasteiger partial charge in [-0.3, -0.25) is 4.79 Å². The summed E-state index contributed by atoms with van der Waals surface area (Å²) in [6.07, 6.45) is 1.69. The second-order valence-corrected chi connectivity index (χ2v) is 10.2. The average Bonchev–Trinajstić information content (AvgIpc) is 2.59. The van der Waals surface area contributed by atoms with Gasteiger partial charge in [-0.25, -0.2) is 8.78 Å². The maximum absolute atomic E-state index is 14.4. The number of rotatable bonds is 3. The van der Waals surface area contributed by atoms with Crippen molar-refractivity contribution in [2.24, 2.45) is 5.41 Å². The molecule has 0 bridgehead atoms. The Morgan fingerprint density at radius 1 is 1.13 bits per heavy atom. The highest BCUT2D eigenvalue weighted by atomic mass is 19.1. The van der Waals surface area contributed by atoms with Gasteiger partial charge < -0.3 is 5.32 Å². The van der Waals surface area contributed by atoms with Crippen LogP contribution in [-0.4, -0.2) is 21.6 Å². The molecule has 30 heavy (non-hydrogen) atoms. The minimum Gasteiger partial charge on any atom is -0.351 e. The summed E-state index contributed by atoms with van der Waals surface area (Å²) in [6.45, 7) is 14.0. The lowest BCUT2D eigenvalue weighted by atomic mass is 9.58. The molecule has 2 aromatic rings. The van der Waals surface area contributed by atoms with E-state index < -0.39 is 22.6 Å². The summed E-state index contributed by atoms with van der Waals surface area (Å²) < 4.78 is 28.9. The number of carbonyl (C=O) groups is 1. The van der Waals surface area contributed by atoms with Gasteiger partial charge in [-0.15, -0.1) is 0 Å². The Labute approximate surface area is 177 Å². The molecular weight excluding hydrogens is 384 g/mol. The Bertz CT molecular complexity index is 961. The quantitative estimate of drug-likeness (QED) is 0.718. The minimum absolute atomic E-state index is 0.0672. The van der Waals surface area contributed by atoms with Crippen LogP contribution >= 0.6 is 0 Å². The number of carbonyl (C=O) groups excluding carboxylic acids is 1. The molecule has 1 aromatic heterocycles. The number of halogens is 2. The van der Waals surface area contributed by atoms with Crippen LogP contribution in [0.2, 0.25) is 0 Å². The molecule has 1 N–H and O–H groups in total. The van der Waals surface area contributed by atoms with Gasteiger partial charge in [-0.2, -0.15) is 10.2 Å². The van der Waals surface area contributed by atoms with E-state index in [4.69, 9.17) is 0 Å². The molecule has 4 nitrogen and oxygen atoms in total. The van der Waals surface area contributed by atoms with Crippen molar-refractivity contribution in [3.63, 3.8) is 0 Å². The lowest BCUT2D eigenvalue weighted by Gasteiger charge is -2.50. The van der Waals surface area contributed by atoms with E-state index in [2.05, 4.69) is 43.2 Å². The molecule has 0 unspecified atom stereocenters. The molecule has 1 amide bonds. The van der Waals surface area contributed by atoms with Crippen molar-refractivity contribution in [2.75, 3.05) is 0 Å². The van der Waals surface area contributed by atoms with Gasteiger partial charge >= 0.3 is 0 Å². The molecule has 1 aromatic carbocycles. The fraction of sp³-hybridized carbons (Fsp3) is 0.542. The van der Waals surface area contributed by atoms with Crippen molar-refractivity contribution in [1.29, 1.82) is 0 Å². The van der Waals surface area contributed by atoms with Crippen LogP contribution in [0.3, 0.4) is 0 Å². The maximum Gasteiger partial charge on any atom is 0.217 e. The van der Waals surface area contributed by atoms with Crippen LogP contribution < -0.4 is 5.32 Å². The topological polar surface area (TPSA) is 54.9 Å². The highest BCUT2D eigenvalue weighted by molar-refractivity contribution is 5.74. The van der Waals surface area contributed by atoms with Crippen molar-refractivity contribution in [2.45, 2.75) is 78.2 Å². The van der Waals surface area contributed by atoms with Crippen LogP contribution in [0, 0.1) is 17.0 Å². The first kappa shape index (κ1) is 22.3. The van der Waals surface area contributed by atoms with Gasteiger partial charge in [-0.05, 0) is 61.8 Å². The highest BCUT2D eigenvalue weighted by Gasteiger charge is 2.50. The van der Waals surface area contributed by atoms with Crippen molar-refractivity contribution < 1.29 is 13.6 Å². The zero-order valence-electron chi connectivity index (χ0n) is 18.9. The number of hydrogen-bond acceptors (Lipinski definition) is 3. The average molecular weight is 416 g/mol. The van der Waals surface area contributed by atoms with E-state index in [1.807, 2.05) is 13.8 Å². The van der Waals surface area contributed by atoms with Gasteiger partial charge in [0.2, 0.25) is 5.91 Å². The van der Waals surface area contributed by atoms with Crippen molar-refractivity contribution >= 4 is 5.91 Å². The normalized spacial score (nSPS) is 21.8. The number of aromatic nitrogens is 2. The third-order valence-corrected chi connectivity index (χ3v) is 6.79. The van der Waals surface area contributed by atoms with Gasteiger partial charge in [0.1, 0.15) is 11.6 Å². The predicted molar refractivity (Wildman–Crippen MR) is 114 cm³/mol. The molecule has 0 saturated heterocycles. The van der Waals surface area contributed by atoms with Crippen LogP contribution in [0.25, 0.3) is 11.3 Å². The molecule has 0 aliphatic heterocycles. The Morgan fingerprint density at radius 3 is 2.27 bits per heavy atom. The summed E-state index contributed by atoms with van der Waals surface area (Å²) in [6, 6.07) is 5.58. The Balaban J connectivity index is 2.24. The number of amides is 1. The van der Waals surface area contributed by atoms with Gasteiger partial charge in [0.25, 0.3) is 0 Å². The molecule has 6 heteroatoms. The standard InChI is InChI=1S/C24H31F2N3O/c1-14(30)27-23(5,6)24(7)12-11-16(22(2,3)4)15-13-19(28-29-21(15)24)20-17(25)9-8-10-18(20)26/h8-10,13,16H,11-12H2,1-7H3,(H,27,30)/t16-,24-/m0/s1. The second-order valence-electron chi connectivity index (χ2n) is 10.2. The summed E-state index contributed by atoms with van der Waals surface area (Å²) in [5.41, 5.74) is 0.650. The van der Waals surface area contributed by atoms with Crippen LogP contribution in [-0.2, 0) is 10.2 Å². The number of benzene rings is 1. The van der Waals surface area contributed by atoms with Crippen molar-refractivity contribution in [3.8, 4) is 11.3 Å². The first-order chi connectivity index (χ1) is 13.8. The van der Waals surface area contributed by atoms with Gasteiger partial charge in [0.05, 0.1) is 17.0 Å². The largest absolute Gasteiger partial charge is 0.351 e. The Morgan fingerprint density at radius 2 is 1.73 bits per heavy atom. The molecular formula is C24H31F2N3O. The monoisotopic (exact) mass is 415 g/mol. The highest BCUT2D eigenvalue weighted by Crippen LogP contribution is 2.52. The molecule has 162 valence electrons. The number of fused-ring (bicyclic) bond motifs is 1. The predicted octanol–water partition coefficient (Wildman–Crippen LogP) is 5.52. The lowest BCUT2D eigenvalue weighted by molar-refractivity contribution is -0.121. The van der Waals surface area contributed by atoms with Crippen LogP contribution in [0.1, 0.15) is 78.5 Å². The van der Waals surface area contributed by atoms with E-state index in [1.54, 1.807) is 6.07 Å². The lowest BCUT2D eigenvalue weighted by Crippen LogP contribution is -2.59. The van der Waals surface area contributed by atoms with E-state index in [-0.39, 0.29) is 28.5 Å². The molecule has 1 aliphatic rings. The zero-order valence-corrected chi connectivity index (χ0v) is 18.9. The summed E-state index contributed by atoms with van der Waals surface area (Å²) in [7, 11) is 0. The molecule has 0 saturated carbocycles. The first-order valence-electron chi connectivity index (χ1n) is 10.4. The summed E-state index contributed by atoms with van der Waals surface area (Å²) in [5.74, 6) is -1.28. The van der Waals surface area contributed by atoms with Gasteiger partial charge in [0.15, 0.2) is 0 Å². The number of hydrogen-bond donors (Lipinski definition) is 1. The maximum atomic E-state index is 14.4. The fourth-order valence-corrected chi connectivity index (χ4v) is 4.76. The summed E-state index contributed by atoms with van der Waals surface area (Å²) >= 11 is 0. The van der Waals surface area contributed by atoms with Crippen LogP contribution in [0.4, 0.5) is 8.78 Å². The third kappa shape index (κ3) is 3.72. The molecule has 1 aliphatic carbocycles. The molecule has 1 heterocycles. The number of nitrogens with one attached hydrogen (secondary N) is 1. The fourth-order valence-electron chi connectivity index (χ4n) is 4.76. The van der Waals surface area contributed by atoms with Gasteiger partial charge in [0, 0.05) is 17.9 Å². The van der Waals surface area contributed by atoms with E-state index in [1.165, 1.54) is 25.1 Å². The van der Waals surface area contributed by atoms with Gasteiger partial charge in [-0.1, -0.05) is 33.8 Å². The van der Waals surface area contributed by atoms with Crippen molar-refractivity contribution in [3.05, 3.63) is 47.2 Å². The van der Waals surface area contributed by atoms with Crippen LogP contribution in [0.5, 0.6) is 0 Å². The number of nitrogens with zero attached hydrogens (tertiary/aromatic N) is 2. The zero-order chi connectivity index (χ0) is 22.5. The Kier molecular flexibility index (Phi) is 5.50. The third-order valence-electron chi connectivity index (χ3n) is 6.79. The molecule has 3 rings (SSSR count). The van der Waals surface area contributed by atoms with E-state index in [0.717, 1.165) is 24.1 Å². The molecule has 0 radical (unpaired) electrons. The summed E-state index contributed by atoms with van der Waals surface area (Å²) in [5, 5.41) is 11.8. The first-order valence-corrected chi connectivity index (χ1v) is 10.4. The summed E-state index contributed by atoms with van der Waals surface area (Å²) in [4.78, 5) is 11.9. The molecule has 0 spiro atoms. The molecule has 2 atom stereocenters. The van der Waals surface area contributed by atoms with Crippen molar-refractivity contribution in [1.82, 2.24) is 15.5 Å².